The van der Waals surface area contributed by atoms with E-state index in [1.165, 1.54) is 16.4 Å². The van der Waals surface area contributed by atoms with Crippen molar-refractivity contribution in [3.63, 3.8) is 0 Å². The Kier molecular flexibility index (Phi) is 7.03. The molecule has 1 aromatic carbocycles. The number of aliphatic hydroxyl groups is 1. The van der Waals surface area contributed by atoms with Crippen LogP contribution < -0.4 is 0 Å². The van der Waals surface area contributed by atoms with E-state index in [2.05, 4.69) is 0 Å². The Morgan fingerprint density at radius 3 is 2.47 bits per heavy atom. The van der Waals surface area contributed by atoms with Crippen LogP contribution in [0.3, 0.4) is 0 Å². The molecule has 0 aromatic heterocycles. The smallest absolute Gasteiger partial charge is 0.410 e. The first-order valence-electron chi connectivity index (χ1n) is 11.3. The largest absolute Gasteiger partial charge is 0.441 e. The Morgan fingerprint density at radius 2 is 1.88 bits per heavy atom. The fourth-order valence-electron chi connectivity index (χ4n) is 4.65. The summed E-state index contributed by atoms with van der Waals surface area (Å²) in [5.74, 6) is 0. The van der Waals surface area contributed by atoms with Crippen molar-refractivity contribution in [3.05, 3.63) is 29.3 Å². The Hall–Kier alpha value is -1.39. The van der Waals surface area contributed by atoms with Gasteiger partial charge in [-0.25, -0.2) is 13.2 Å². The second kappa shape index (κ2) is 9.46. The lowest BCUT2D eigenvalue weighted by atomic mass is 10.0. The van der Waals surface area contributed by atoms with Crippen LogP contribution in [0.5, 0.6) is 0 Å². The molecule has 3 aliphatic rings. The summed E-state index contributed by atoms with van der Waals surface area (Å²) in [5, 5.41) is 10.2. The van der Waals surface area contributed by atoms with Crippen molar-refractivity contribution in [3.8, 4) is 0 Å². The average molecular weight is 487 g/mol. The van der Waals surface area contributed by atoms with Gasteiger partial charge in [-0.2, -0.15) is 4.31 Å². The van der Waals surface area contributed by atoms with Crippen molar-refractivity contribution in [2.45, 2.75) is 74.1 Å². The molecule has 0 bridgehead atoms. The number of halogens is 1. The van der Waals surface area contributed by atoms with Crippen LogP contribution in [0.15, 0.2) is 29.2 Å². The maximum absolute atomic E-state index is 13.7. The molecule has 0 radical (unpaired) electrons. The number of amides is 1. The first-order chi connectivity index (χ1) is 15.3. The molecule has 2 heterocycles. The van der Waals surface area contributed by atoms with Gasteiger partial charge in [0, 0.05) is 24.2 Å². The van der Waals surface area contributed by atoms with Gasteiger partial charge in [-0.1, -0.05) is 24.9 Å². The number of hydrogen-bond acceptors (Lipinski definition) is 6. The Morgan fingerprint density at radius 1 is 1.22 bits per heavy atom. The van der Waals surface area contributed by atoms with Gasteiger partial charge in [0.15, 0.2) is 0 Å². The first kappa shape index (κ1) is 23.8. The monoisotopic (exact) mass is 486 g/mol. The van der Waals surface area contributed by atoms with E-state index in [0.717, 1.165) is 6.42 Å². The molecule has 2 aliphatic heterocycles. The third-order valence-electron chi connectivity index (χ3n) is 6.63. The molecular weight excluding hydrogens is 456 g/mol. The molecule has 0 spiro atoms. The highest BCUT2D eigenvalue weighted by molar-refractivity contribution is 7.89. The number of nitrogens with zero attached hydrogens (tertiary/aromatic N) is 2. The van der Waals surface area contributed by atoms with Crippen LogP contribution in [-0.2, 0) is 19.5 Å². The fourth-order valence-corrected chi connectivity index (χ4v) is 6.65. The van der Waals surface area contributed by atoms with Gasteiger partial charge in [0.25, 0.3) is 0 Å². The number of morpholine rings is 1. The molecule has 1 saturated carbocycles. The van der Waals surface area contributed by atoms with Gasteiger partial charge in [0.2, 0.25) is 10.0 Å². The molecule has 3 fully saturated rings. The second-order valence-corrected chi connectivity index (χ2v) is 11.2. The van der Waals surface area contributed by atoms with Crippen molar-refractivity contribution >= 4 is 27.7 Å². The molecule has 2 atom stereocenters. The van der Waals surface area contributed by atoms with Gasteiger partial charge in [0.05, 0.1) is 30.3 Å². The van der Waals surface area contributed by atoms with E-state index >= 15 is 0 Å². The number of aliphatic hydroxyl groups excluding tert-OH is 1. The summed E-state index contributed by atoms with van der Waals surface area (Å²) in [6.45, 7) is 3.36. The van der Waals surface area contributed by atoms with Gasteiger partial charge in [-0.3, -0.25) is 0 Å². The topological polar surface area (TPSA) is 96.4 Å². The molecule has 8 nitrogen and oxygen atoms in total. The fraction of sp³-hybridized carbons (Fsp3) is 0.682. The summed E-state index contributed by atoms with van der Waals surface area (Å²) in [4.78, 5) is 14.6. The standard InChI is InChI=1S/C22H31ClN2O6S/c1-2-3-17-14-30-15-20(25(17)32(28,29)19-6-4-16(23)5-7-19)22(10-11-22)31-21(27)24-12-8-18(26)9-13-24/h4-7,17-18,20,26H,2-3,8-15H2,1H3/t17-,20-/m1/s1. The van der Waals surface area contributed by atoms with Crippen LogP contribution in [-0.4, -0.2) is 78.9 Å². The molecule has 2 saturated heterocycles. The summed E-state index contributed by atoms with van der Waals surface area (Å²) in [6, 6.07) is 5.23. The number of piperidine rings is 1. The number of carbonyl (C=O) groups is 1. The Balaban J connectivity index is 1.60. The summed E-state index contributed by atoms with van der Waals surface area (Å²) in [5.41, 5.74) is -0.890. The van der Waals surface area contributed by atoms with Gasteiger partial charge >= 0.3 is 6.09 Å². The Labute approximate surface area is 194 Å². The highest BCUT2D eigenvalue weighted by Crippen LogP contribution is 2.48. The molecular formula is C22H31ClN2O6S. The minimum atomic E-state index is -3.85. The lowest BCUT2D eigenvalue weighted by Crippen LogP contribution is -2.61. The van der Waals surface area contributed by atoms with Crippen molar-refractivity contribution in [1.29, 1.82) is 0 Å². The van der Waals surface area contributed by atoms with Gasteiger partial charge < -0.3 is 19.5 Å². The molecule has 10 heteroatoms. The number of ether oxygens (including phenoxy) is 2. The molecule has 1 N–H and O–H groups in total. The van der Waals surface area contributed by atoms with Crippen LogP contribution in [0.4, 0.5) is 4.79 Å². The molecule has 1 aliphatic carbocycles. The van der Waals surface area contributed by atoms with Crippen molar-refractivity contribution < 1.29 is 27.8 Å². The highest BCUT2D eigenvalue weighted by atomic mass is 35.5. The predicted molar refractivity (Wildman–Crippen MR) is 119 cm³/mol. The van der Waals surface area contributed by atoms with Crippen LogP contribution in [0.25, 0.3) is 0 Å². The first-order valence-corrected chi connectivity index (χ1v) is 13.1. The van der Waals surface area contributed by atoms with Gasteiger partial charge in [-0.15, -0.1) is 0 Å². The number of carbonyl (C=O) groups excluding carboxylic acids is 1. The van der Waals surface area contributed by atoms with E-state index in [4.69, 9.17) is 21.1 Å². The number of benzene rings is 1. The summed E-state index contributed by atoms with van der Waals surface area (Å²) >= 11 is 5.97. The maximum atomic E-state index is 13.7. The number of likely N-dealkylation sites (tertiary alicyclic amines) is 1. The zero-order valence-corrected chi connectivity index (χ0v) is 19.9. The SMILES string of the molecule is CCC[C@@H]1COC[C@H](C2(OC(=O)N3CCC(O)CC3)CC2)N1S(=O)(=O)c1ccc(Cl)cc1. The van der Waals surface area contributed by atoms with E-state index < -0.39 is 33.9 Å². The van der Waals surface area contributed by atoms with E-state index in [1.807, 2.05) is 6.92 Å². The van der Waals surface area contributed by atoms with E-state index in [1.54, 1.807) is 17.0 Å². The summed E-state index contributed by atoms with van der Waals surface area (Å²) in [7, 11) is -3.85. The zero-order valence-electron chi connectivity index (χ0n) is 18.3. The van der Waals surface area contributed by atoms with Crippen LogP contribution in [0.1, 0.15) is 45.4 Å². The summed E-state index contributed by atoms with van der Waals surface area (Å²) < 4.78 is 40.8. The molecule has 1 aromatic rings. The zero-order chi connectivity index (χ0) is 22.9. The third-order valence-corrected chi connectivity index (χ3v) is 8.85. The third kappa shape index (κ3) is 4.77. The second-order valence-electron chi connectivity index (χ2n) is 8.94. The quantitative estimate of drug-likeness (QED) is 0.664. The lowest BCUT2D eigenvalue weighted by molar-refractivity contribution is -0.0742. The van der Waals surface area contributed by atoms with E-state index in [0.29, 0.717) is 56.8 Å². The molecule has 178 valence electrons. The van der Waals surface area contributed by atoms with Crippen LogP contribution >= 0.6 is 11.6 Å². The van der Waals surface area contributed by atoms with Crippen molar-refractivity contribution in [1.82, 2.24) is 9.21 Å². The van der Waals surface area contributed by atoms with E-state index in [9.17, 15) is 18.3 Å². The number of rotatable bonds is 6. The van der Waals surface area contributed by atoms with Gasteiger partial charge in [-0.05, 0) is 56.4 Å². The number of hydrogen-bond donors (Lipinski definition) is 1. The highest BCUT2D eigenvalue weighted by Gasteiger charge is 2.60. The summed E-state index contributed by atoms with van der Waals surface area (Å²) in [6.07, 6.45) is 2.83. The molecule has 0 unspecified atom stereocenters. The van der Waals surface area contributed by atoms with Crippen molar-refractivity contribution in [2.75, 3.05) is 26.3 Å². The maximum Gasteiger partial charge on any atom is 0.410 e. The van der Waals surface area contributed by atoms with Crippen LogP contribution in [0.2, 0.25) is 5.02 Å². The minimum absolute atomic E-state index is 0.169. The predicted octanol–water partition coefficient (Wildman–Crippen LogP) is 3.02. The Bertz CT molecular complexity index is 911. The van der Waals surface area contributed by atoms with Gasteiger partial charge in [0.1, 0.15) is 5.60 Å². The lowest BCUT2D eigenvalue weighted by Gasteiger charge is -2.44. The molecule has 1 amide bonds. The average Bonchev–Trinajstić information content (AvgIpc) is 3.55. The molecule has 32 heavy (non-hydrogen) atoms. The molecule has 4 rings (SSSR count). The minimum Gasteiger partial charge on any atom is -0.441 e. The van der Waals surface area contributed by atoms with Crippen molar-refractivity contribution in [2.24, 2.45) is 0 Å². The number of sulfonamides is 1. The van der Waals surface area contributed by atoms with Crippen LogP contribution in [0, 0.1) is 0 Å². The van der Waals surface area contributed by atoms with E-state index in [-0.39, 0.29) is 17.5 Å². The normalized spacial score (nSPS) is 26.7.